The predicted molar refractivity (Wildman–Crippen MR) is 152 cm³/mol. The van der Waals surface area contributed by atoms with Crippen LogP contribution in [-0.4, -0.2) is 38.4 Å². The van der Waals surface area contributed by atoms with Crippen LogP contribution in [0.5, 0.6) is 17.2 Å². The van der Waals surface area contributed by atoms with Crippen molar-refractivity contribution in [2.24, 2.45) is 0 Å². The van der Waals surface area contributed by atoms with E-state index in [1.54, 1.807) is 54.6 Å². The maximum Gasteiger partial charge on any atom is 0.343 e. The molecule has 2 aromatic carbocycles. The molecule has 0 aliphatic rings. The van der Waals surface area contributed by atoms with Gasteiger partial charge in [0.2, 0.25) is 0 Å². The van der Waals surface area contributed by atoms with Crippen molar-refractivity contribution in [1.82, 2.24) is 0 Å². The fourth-order valence-corrected chi connectivity index (χ4v) is 3.45. The third-order valence-electron chi connectivity index (χ3n) is 5.67. The molecule has 0 saturated carbocycles. The Morgan fingerprint density at radius 2 is 1.05 bits per heavy atom. The van der Waals surface area contributed by atoms with Crippen molar-refractivity contribution in [2.75, 3.05) is 26.4 Å². The Morgan fingerprint density at radius 3 is 1.56 bits per heavy atom. The van der Waals surface area contributed by atoms with E-state index in [4.69, 9.17) is 23.7 Å². The fraction of sp³-hybridized carbons (Fsp3) is 0.375. The minimum Gasteiger partial charge on any atom is -0.494 e. The van der Waals surface area contributed by atoms with Gasteiger partial charge in [0.15, 0.2) is 0 Å². The minimum atomic E-state index is -0.435. The SMILES string of the molecule is C=CC(=C)OCCCCCCOc1ccc(C(=O)Oc2ccc(OCCCCCCOC(=O)C=C)cc2)cc1. The lowest BCUT2D eigenvalue weighted by molar-refractivity contribution is -0.137. The summed E-state index contributed by atoms with van der Waals surface area (Å²) in [5, 5.41) is 0. The Labute approximate surface area is 232 Å². The van der Waals surface area contributed by atoms with E-state index in [1.807, 2.05) is 0 Å². The lowest BCUT2D eigenvalue weighted by Gasteiger charge is -2.09. The van der Waals surface area contributed by atoms with Gasteiger partial charge in [-0.15, -0.1) is 0 Å². The number of rotatable bonds is 21. The Morgan fingerprint density at radius 1 is 0.590 bits per heavy atom. The molecule has 0 aliphatic carbocycles. The van der Waals surface area contributed by atoms with Gasteiger partial charge in [-0.25, -0.2) is 9.59 Å². The van der Waals surface area contributed by atoms with Crippen molar-refractivity contribution in [1.29, 1.82) is 0 Å². The van der Waals surface area contributed by atoms with Crippen molar-refractivity contribution < 1.29 is 33.3 Å². The maximum absolute atomic E-state index is 12.5. The van der Waals surface area contributed by atoms with E-state index in [1.165, 1.54) is 6.08 Å². The molecular weight excluding hydrogens is 496 g/mol. The molecule has 0 radical (unpaired) electrons. The number of ether oxygens (including phenoxy) is 5. The normalized spacial score (nSPS) is 10.3. The van der Waals surface area contributed by atoms with Crippen molar-refractivity contribution in [3.8, 4) is 17.2 Å². The average molecular weight is 537 g/mol. The summed E-state index contributed by atoms with van der Waals surface area (Å²) in [5.41, 5.74) is 0.447. The van der Waals surface area contributed by atoms with Crippen LogP contribution in [0.25, 0.3) is 0 Å². The number of allylic oxidation sites excluding steroid dienone is 1. The zero-order chi connectivity index (χ0) is 28.1. The first-order valence-corrected chi connectivity index (χ1v) is 13.4. The van der Waals surface area contributed by atoms with E-state index in [0.29, 0.717) is 49.2 Å². The van der Waals surface area contributed by atoms with E-state index in [2.05, 4.69) is 19.7 Å². The molecule has 0 fully saturated rings. The highest BCUT2D eigenvalue weighted by Gasteiger charge is 2.09. The molecule has 0 spiro atoms. The van der Waals surface area contributed by atoms with Crippen molar-refractivity contribution >= 4 is 11.9 Å². The van der Waals surface area contributed by atoms with Gasteiger partial charge in [-0.3, -0.25) is 0 Å². The van der Waals surface area contributed by atoms with Gasteiger partial charge in [-0.1, -0.05) is 19.7 Å². The molecule has 0 aromatic heterocycles. The molecule has 0 aliphatic heterocycles. The Balaban J connectivity index is 1.58. The summed E-state index contributed by atoms with van der Waals surface area (Å²) < 4.78 is 27.3. The summed E-state index contributed by atoms with van der Waals surface area (Å²) in [7, 11) is 0. The van der Waals surface area contributed by atoms with Gasteiger partial charge >= 0.3 is 11.9 Å². The molecule has 0 bridgehead atoms. The molecule has 0 N–H and O–H groups in total. The first kappa shape index (κ1) is 31.2. The summed E-state index contributed by atoms with van der Waals surface area (Å²) in [4.78, 5) is 23.4. The standard InChI is InChI=1S/C32H40O7/c1-4-26(3)35-22-10-6-7-11-23-36-28-16-14-27(15-17-28)32(34)39-30-20-18-29(19-21-30)37-24-12-8-9-13-25-38-31(33)5-2/h4-5,14-21H,1-3,6-13,22-25H2. The van der Waals surface area contributed by atoms with E-state index < -0.39 is 5.97 Å². The van der Waals surface area contributed by atoms with Crippen LogP contribution in [0, 0.1) is 0 Å². The Hall–Kier alpha value is -4.00. The Bertz CT molecular complexity index is 1030. The van der Waals surface area contributed by atoms with Gasteiger partial charge < -0.3 is 23.7 Å². The highest BCUT2D eigenvalue weighted by molar-refractivity contribution is 5.91. The van der Waals surface area contributed by atoms with Gasteiger partial charge in [0.1, 0.15) is 23.0 Å². The molecule has 7 nitrogen and oxygen atoms in total. The summed E-state index contributed by atoms with van der Waals surface area (Å²) in [6, 6.07) is 13.9. The van der Waals surface area contributed by atoms with Crippen molar-refractivity contribution in [2.45, 2.75) is 51.4 Å². The lowest BCUT2D eigenvalue weighted by Crippen LogP contribution is -2.08. The second kappa shape index (κ2) is 19.1. The number of benzene rings is 2. The molecule has 210 valence electrons. The first-order chi connectivity index (χ1) is 19.0. The second-order valence-electron chi connectivity index (χ2n) is 8.80. The summed E-state index contributed by atoms with van der Waals surface area (Å²) in [5.74, 6) is 1.66. The number of hydrogen-bond donors (Lipinski definition) is 0. The predicted octanol–water partition coefficient (Wildman–Crippen LogP) is 7.23. The zero-order valence-corrected chi connectivity index (χ0v) is 22.7. The smallest absolute Gasteiger partial charge is 0.343 e. The van der Waals surface area contributed by atoms with Crippen LogP contribution in [0.4, 0.5) is 0 Å². The number of carbonyl (C=O) groups excluding carboxylic acids is 2. The van der Waals surface area contributed by atoms with Crippen LogP contribution in [0.2, 0.25) is 0 Å². The van der Waals surface area contributed by atoms with Crippen LogP contribution in [0.1, 0.15) is 61.7 Å². The molecule has 0 saturated heterocycles. The summed E-state index contributed by atoms with van der Waals surface area (Å²) >= 11 is 0. The van der Waals surface area contributed by atoms with Crippen molar-refractivity contribution in [3.63, 3.8) is 0 Å². The minimum absolute atomic E-state index is 0.386. The van der Waals surface area contributed by atoms with Crippen LogP contribution in [0.3, 0.4) is 0 Å². The molecule has 7 heteroatoms. The third-order valence-corrected chi connectivity index (χ3v) is 5.67. The van der Waals surface area contributed by atoms with Crippen LogP contribution >= 0.6 is 0 Å². The zero-order valence-electron chi connectivity index (χ0n) is 22.7. The van der Waals surface area contributed by atoms with E-state index >= 15 is 0 Å². The summed E-state index contributed by atoms with van der Waals surface area (Å²) in [6.07, 6.45) is 10.5. The first-order valence-electron chi connectivity index (χ1n) is 13.4. The highest BCUT2D eigenvalue weighted by Crippen LogP contribution is 2.20. The van der Waals surface area contributed by atoms with Crippen LogP contribution in [0.15, 0.2) is 86.2 Å². The quantitative estimate of drug-likeness (QED) is 0.0416. The van der Waals surface area contributed by atoms with E-state index in [-0.39, 0.29) is 5.97 Å². The number of hydrogen-bond acceptors (Lipinski definition) is 7. The number of carbonyl (C=O) groups is 2. The van der Waals surface area contributed by atoms with Gasteiger partial charge in [-0.2, -0.15) is 0 Å². The monoisotopic (exact) mass is 536 g/mol. The Kier molecular flexibility index (Phi) is 15.3. The second-order valence-corrected chi connectivity index (χ2v) is 8.80. The van der Waals surface area contributed by atoms with Gasteiger partial charge in [0.05, 0.1) is 32.0 Å². The van der Waals surface area contributed by atoms with Gasteiger partial charge in [0.25, 0.3) is 0 Å². The molecule has 0 atom stereocenters. The van der Waals surface area contributed by atoms with E-state index in [9.17, 15) is 9.59 Å². The molecule has 39 heavy (non-hydrogen) atoms. The van der Waals surface area contributed by atoms with E-state index in [0.717, 1.165) is 57.1 Å². The topological polar surface area (TPSA) is 80.3 Å². The third kappa shape index (κ3) is 13.9. The van der Waals surface area contributed by atoms with Crippen molar-refractivity contribution in [3.05, 3.63) is 91.7 Å². The fourth-order valence-electron chi connectivity index (χ4n) is 3.45. The maximum atomic E-state index is 12.5. The average Bonchev–Trinajstić information content (AvgIpc) is 2.96. The molecule has 2 aromatic rings. The molecule has 2 rings (SSSR count). The van der Waals surface area contributed by atoms with Crippen LogP contribution < -0.4 is 14.2 Å². The molecular formula is C32H40O7. The van der Waals surface area contributed by atoms with Gasteiger partial charge in [0, 0.05) is 6.08 Å². The number of unbranched alkanes of at least 4 members (excludes halogenated alkanes) is 6. The van der Waals surface area contributed by atoms with Gasteiger partial charge in [-0.05, 0) is 106 Å². The molecule has 0 amide bonds. The molecule has 0 heterocycles. The largest absolute Gasteiger partial charge is 0.494 e. The lowest BCUT2D eigenvalue weighted by atomic mass is 10.2. The van der Waals surface area contributed by atoms with Crippen LogP contribution in [-0.2, 0) is 14.3 Å². The number of esters is 2. The molecule has 0 unspecified atom stereocenters. The summed E-state index contributed by atoms with van der Waals surface area (Å²) in [6.45, 7) is 13.0. The highest BCUT2D eigenvalue weighted by atomic mass is 16.5.